The monoisotopic (exact) mass is 223 g/mol. The molecule has 86 valence electrons. The number of amides is 1. The minimum atomic E-state index is -0.861. The van der Waals surface area contributed by atoms with Gasteiger partial charge >= 0.3 is 5.97 Å². The van der Waals surface area contributed by atoms with Gasteiger partial charge in [0.25, 0.3) is 0 Å². The quantitative estimate of drug-likeness (QED) is 0.562. The molecular weight excluding hydrogens is 210 g/mol. The lowest BCUT2D eigenvalue weighted by Crippen LogP contribution is -2.22. The van der Waals surface area contributed by atoms with Gasteiger partial charge in [-0.2, -0.15) is 0 Å². The van der Waals surface area contributed by atoms with Crippen LogP contribution in [-0.2, 0) is 9.59 Å². The predicted octanol–water partition coefficient (Wildman–Crippen LogP) is 1.27. The molecule has 0 aliphatic carbocycles. The zero-order chi connectivity index (χ0) is 11.8. The molecule has 2 N–H and O–H groups in total. The average molecular weight is 223 g/mol. The first-order chi connectivity index (χ1) is 7.68. The van der Waals surface area contributed by atoms with E-state index in [0.717, 1.165) is 0 Å². The molecule has 1 heterocycles. The van der Waals surface area contributed by atoms with Gasteiger partial charge in [0.15, 0.2) is 0 Å². The Bertz CT molecular complexity index is 367. The van der Waals surface area contributed by atoms with Crippen molar-refractivity contribution in [1.82, 2.24) is 5.32 Å². The molecule has 0 aliphatic heterocycles. The van der Waals surface area contributed by atoms with Crippen LogP contribution in [0, 0.1) is 0 Å². The number of carbonyl (C=O) groups excluding carboxylic acids is 1. The number of furan rings is 1. The molecule has 0 unspecified atom stereocenters. The fraction of sp³-hybridized carbons (Fsp3) is 0.273. The molecule has 0 fully saturated rings. The van der Waals surface area contributed by atoms with E-state index in [1.807, 2.05) is 0 Å². The summed E-state index contributed by atoms with van der Waals surface area (Å²) < 4.78 is 5.00. The van der Waals surface area contributed by atoms with Crippen molar-refractivity contribution in [1.29, 1.82) is 0 Å². The highest BCUT2D eigenvalue weighted by atomic mass is 16.4. The summed E-state index contributed by atoms with van der Waals surface area (Å²) >= 11 is 0. The highest BCUT2D eigenvalue weighted by molar-refractivity contribution is 5.91. The summed E-state index contributed by atoms with van der Waals surface area (Å²) in [6.45, 7) is 0.355. The third-order valence-electron chi connectivity index (χ3n) is 1.81. The maximum Gasteiger partial charge on any atom is 0.303 e. The fourth-order valence-electron chi connectivity index (χ4n) is 1.05. The zero-order valence-corrected chi connectivity index (χ0v) is 8.68. The van der Waals surface area contributed by atoms with Crippen LogP contribution in [0.3, 0.4) is 0 Å². The molecule has 1 aromatic heterocycles. The first-order valence-corrected chi connectivity index (χ1v) is 4.89. The molecule has 1 rings (SSSR count). The Kier molecular flexibility index (Phi) is 4.85. The first kappa shape index (κ1) is 12.0. The van der Waals surface area contributed by atoms with Gasteiger partial charge in [0.05, 0.1) is 6.26 Å². The summed E-state index contributed by atoms with van der Waals surface area (Å²) in [5.74, 6) is -0.525. The maximum atomic E-state index is 11.2. The Morgan fingerprint density at radius 3 is 2.94 bits per heavy atom. The van der Waals surface area contributed by atoms with E-state index in [-0.39, 0.29) is 12.3 Å². The number of hydrogen-bond donors (Lipinski definition) is 2. The van der Waals surface area contributed by atoms with Crippen LogP contribution in [0.2, 0.25) is 0 Å². The SMILES string of the molecule is O=C(O)CCCNC(=O)/C=C/c1ccco1. The second-order valence-corrected chi connectivity index (χ2v) is 3.14. The van der Waals surface area contributed by atoms with Crippen LogP contribution in [0.15, 0.2) is 28.9 Å². The fourth-order valence-corrected chi connectivity index (χ4v) is 1.05. The van der Waals surface area contributed by atoms with Crippen molar-refractivity contribution in [3.05, 3.63) is 30.2 Å². The second kappa shape index (κ2) is 6.44. The van der Waals surface area contributed by atoms with Gasteiger partial charge in [0.2, 0.25) is 5.91 Å². The van der Waals surface area contributed by atoms with Crippen molar-refractivity contribution in [3.63, 3.8) is 0 Å². The van der Waals surface area contributed by atoms with Crippen molar-refractivity contribution in [3.8, 4) is 0 Å². The number of rotatable bonds is 6. The van der Waals surface area contributed by atoms with Crippen LogP contribution in [0.4, 0.5) is 0 Å². The van der Waals surface area contributed by atoms with E-state index in [1.54, 1.807) is 18.2 Å². The van der Waals surface area contributed by atoms with E-state index >= 15 is 0 Å². The van der Waals surface area contributed by atoms with Gasteiger partial charge in [-0.15, -0.1) is 0 Å². The Morgan fingerprint density at radius 1 is 1.50 bits per heavy atom. The molecule has 16 heavy (non-hydrogen) atoms. The molecular formula is C11H13NO4. The third-order valence-corrected chi connectivity index (χ3v) is 1.81. The van der Waals surface area contributed by atoms with E-state index in [4.69, 9.17) is 9.52 Å². The second-order valence-electron chi connectivity index (χ2n) is 3.14. The molecule has 5 nitrogen and oxygen atoms in total. The van der Waals surface area contributed by atoms with E-state index in [2.05, 4.69) is 5.32 Å². The van der Waals surface area contributed by atoms with Gasteiger partial charge in [-0.3, -0.25) is 9.59 Å². The molecule has 0 aromatic carbocycles. The summed E-state index contributed by atoms with van der Waals surface area (Å²) in [5, 5.41) is 10.9. The number of nitrogens with one attached hydrogen (secondary N) is 1. The van der Waals surface area contributed by atoms with Gasteiger partial charge in [-0.1, -0.05) is 0 Å². The highest BCUT2D eigenvalue weighted by Crippen LogP contribution is 2.01. The maximum absolute atomic E-state index is 11.2. The van der Waals surface area contributed by atoms with Crippen molar-refractivity contribution in [2.24, 2.45) is 0 Å². The molecule has 0 saturated heterocycles. The molecule has 0 aliphatic rings. The van der Waals surface area contributed by atoms with E-state index < -0.39 is 5.97 Å². The van der Waals surface area contributed by atoms with Crippen LogP contribution < -0.4 is 5.32 Å². The topological polar surface area (TPSA) is 79.5 Å². The highest BCUT2D eigenvalue weighted by Gasteiger charge is 1.98. The number of carbonyl (C=O) groups is 2. The summed E-state index contributed by atoms with van der Waals surface area (Å²) in [5.41, 5.74) is 0. The van der Waals surface area contributed by atoms with E-state index in [9.17, 15) is 9.59 Å². The summed E-state index contributed by atoms with van der Waals surface area (Å²) in [4.78, 5) is 21.4. The van der Waals surface area contributed by atoms with Gasteiger partial charge in [0, 0.05) is 19.0 Å². The van der Waals surface area contributed by atoms with Gasteiger partial charge < -0.3 is 14.8 Å². The van der Waals surface area contributed by atoms with Crippen LogP contribution in [0.5, 0.6) is 0 Å². The molecule has 1 aromatic rings. The van der Waals surface area contributed by atoms with E-state index in [0.29, 0.717) is 18.7 Å². The Balaban J connectivity index is 2.18. The lowest BCUT2D eigenvalue weighted by Gasteiger charge is -1.99. The predicted molar refractivity (Wildman–Crippen MR) is 57.6 cm³/mol. The number of hydrogen-bond acceptors (Lipinski definition) is 3. The summed E-state index contributed by atoms with van der Waals surface area (Å²) in [6, 6.07) is 3.46. The third kappa shape index (κ3) is 4.99. The average Bonchev–Trinajstić information content (AvgIpc) is 2.74. The van der Waals surface area contributed by atoms with Crippen molar-refractivity contribution in [2.45, 2.75) is 12.8 Å². The largest absolute Gasteiger partial charge is 0.481 e. The van der Waals surface area contributed by atoms with Crippen molar-refractivity contribution in [2.75, 3.05) is 6.54 Å². The van der Waals surface area contributed by atoms with Crippen LogP contribution in [-0.4, -0.2) is 23.5 Å². The molecule has 1 amide bonds. The van der Waals surface area contributed by atoms with E-state index in [1.165, 1.54) is 12.3 Å². The molecule has 0 bridgehead atoms. The lowest BCUT2D eigenvalue weighted by atomic mass is 10.3. The van der Waals surface area contributed by atoms with Crippen LogP contribution >= 0.6 is 0 Å². The van der Waals surface area contributed by atoms with Gasteiger partial charge in [0.1, 0.15) is 5.76 Å². The normalized spacial score (nSPS) is 10.5. The smallest absolute Gasteiger partial charge is 0.303 e. The molecule has 5 heteroatoms. The van der Waals surface area contributed by atoms with Crippen LogP contribution in [0.1, 0.15) is 18.6 Å². The molecule has 0 saturated carbocycles. The minimum absolute atomic E-state index is 0.0577. The standard InChI is InChI=1S/C11H13NO4/c13-10(12-7-1-4-11(14)15)6-5-9-3-2-8-16-9/h2-3,5-6,8H,1,4,7H2,(H,12,13)(H,14,15)/b6-5+. The van der Waals surface area contributed by atoms with Gasteiger partial charge in [-0.05, 0) is 24.6 Å². The molecule has 0 atom stereocenters. The minimum Gasteiger partial charge on any atom is -0.481 e. The first-order valence-electron chi connectivity index (χ1n) is 4.89. The lowest BCUT2D eigenvalue weighted by molar-refractivity contribution is -0.137. The number of carboxylic acids is 1. The van der Waals surface area contributed by atoms with Crippen LogP contribution in [0.25, 0.3) is 6.08 Å². The number of aliphatic carboxylic acids is 1. The molecule has 0 spiro atoms. The number of carboxylic acid groups (broad SMARTS) is 1. The summed E-state index contributed by atoms with van der Waals surface area (Å²) in [7, 11) is 0. The Labute approximate surface area is 92.8 Å². The zero-order valence-electron chi connectivity index (χ0n) is 8.68. The Hall–Kier alpha value is -2.04. The Morgan fingerprint density at radius 2 is 2.31 bits per heavy atom. The summed E-state index contributed by atoms with van der Waals surface area (Å²) in [6.07, 6.45) is 4.90. The van der Waals surface area contributed by atoms with Gasteiger partial charge in [-0.25, -0.2) is 0 Å². The van der Waals surface area contributed by atoms with Crippen molar-refractivity contribution >= 4 is 18.0 Å². The van der Waals surface area contributed by atoms with Crippen molar-refractivity contribution < 1.29 is 19.1 Å². The molecule has 0 radical (unpaired) electrons.